The first-order valence-electron chi connectivity index (χ1n) is 10.5. The van der Waals surface area contributed by atoms with Crippen LogP contribution < -0.4 is 10.5 Å². The average Bonchev–Trinajstić information content (AvgIpc) is 2.95. The zero-order valence-corrected chi connectivity index (χ0v) is 17.4. The molecule has 1 atom stereocenters. The van der Waals surface area contributed by atoms with Gasteiger partial charge in [-0.05, 0) is 55.4 Å². The molecule has 2 aliphatic rings. The lowest BCUT2D eigenvalue weighted by Crippen LogP contribution is -2.18. The largest absolute Gasteiger partial charge is 0.418 e. The molecule has 5 rings (SSSR count). The third-order valence-electron chi connectivity index (χ3n) is 6.09. The number of pyridine rings is 1. The predicted octanol–water partition coefficient (Wildman–Crippen LogP) is 5.55. The number of hydrogen-bond donors (Lipinski definition) is 2. The number of aromatic amines is 1. The van der Waals surface area contributed by atoms with Gasteiger partial charge in [0.2, 0.25) is 11.8 Å². The van der Waals surface area contributed by atoms with Gasteiger partial charge >= 0.3 is 0 Å². The fourth-order valence-electron chi connectivity index (χ4n) is 4.71. The minimum Gasteiger partial charge on any atom is -0.418 e. The number of H-pyrrole nitrogens is 1. The molecule has 150 valence electrons. The van der Waals surface area contributed by atoms with Gasteiger partial charge in [0.05, 0.1) is 5.56 Å². The van der Waals surface area contributed by atoms with E-state index in [0.717, 1.165) is 77.3 Å². The van der Waals surface area contributed by atoms with Crippen LogP contribution in [0.15, 0.2) is 24.3 Å². The van der Waals surface area contributed by atoms with Crippen LogP contribution in [0.25, 0.3) is 0 Å². The van der Waals surface area contributed by atoms with E-state index in [1.165, 1.54) is 12.0 Å². The number of anilines is 1. The molecule has 0 spiro atoms. The summed E-state index contributed by atoms with van der Waals surface area (Å²) >= 11 is 6.17. The van der Waals surface area contributed by atoms with E-state index in [-0.39, 0.29) is 5.92 Å². The van der Waals surface area contributed by atoms with Crippen LogP contribution in [-0.2, 0) is 19.3 Å². The van der Waals surface area contributed by atoms with Crippen molar-refractivity contribution in [3.05, 3.63) is 62.9 Å². The maximum Gasteiger partial charge on any atom is 0.244 e. The van der Waals surface area contributed by atoms with Crippen molar-refractivity contribution in [1.82, 2.24) is 15.2 Å². The minimum atomic E-state index is -0.0626. The molecule has 3 N–H and O–H groups in total. The van der Waals surface area contributed by atoms with Crippen molar-refractivity contribution in [2.24, 2.45) is 0 Å². The molecule has 0 saturated heterocycles. The summed E-state index contributed by atoms with van der Waals surface area (Å²) in [5.41, 5.74) is 14.2. The zero-order valence-electron chi connectivity index (χ0n) is 16.6. The first-order chi connectivity index (χ1) is 14.2. The fraction of sp³-hybridized carbons (Fsp3) is 0.391. The number of halogens is 1. The van der Waals surface area contributed by atoms with Crippen molar-refractivity contribution in [1.29, 1.82) is 0 Å². The van der Waals surface area contributed by atoms with Crippen molar-refractivity contribution in [2.45, 2.75) is 57.8 Å². The smallest absolute Gasteiger partial charge is 0.244 e. The van der Waals surface area contributed by atoms with Gasteiger partial charge in [0, 0.05) is 33.6 Å². The first-order valence-corrected chi connectivity index (χ1v) is 10.9. The summed E-state index contributed by atoms with van der Waals surface area (Å²) in [7, 11) is 0. The van der Waals surface area contributed by atoms with Crippen LogP contribution in [0.5, 0.6) is 11.8 Å². The Bertz CT molecular complexity index is 1060. The molecule has 29 heavy (non-hydrogen) atoms. The number of benzene rings is 1. The molecule has 0 radical (unpaired) electrons. The van der Waals surface area contributed by atoms with Crippen LogP contribution >= 0.6 is 11.6 Å². The van der Waals surface area contributed by atoms with Gasteiger partial charge in [0.1, 0.15) is 0 Å². The summed E-state index contributed by atoms with van der Waals surface area (Å²) < 4.78 is 6.21. The molecule has 3 aromatic rings. The van der Waals surface area contributed by atoms with E-state index in [2.05, 4.69) is 29.3 Å². The molecule has 3 heterocycles. The second kappa shape index (κ2) is 7.38. The highest BCUT2D eigenvalue weighted by atomic mass is 35.5. The quantitative estimate of drug-likeness (QED) is 0.436. The molecule has 0 amide bonds. The molecule has 1 unspecified atom stereocenters. The van der Waals surface area contributed by atoms with Crippen molar-refractivity contribution in [2.75, 3.05) is 5.73 Å². The standard InChI is InChI=1S/C23H25ClN4O/c1-2-6-17-19-18(13-9-11-14(24)12-10-13)20-21(25)15-7-4-3-5-8-16(15)26-22(20)29-23(19)28-27-17/h9-12,18H,2-8H2,1H3,(H2,25,26)(H,27,28). The SMILES string of the molecule is CCCc1[nH]nc2c1C(c1ccc(Cl)cc1)c1c(nc3c(c1N)CCCCC3)O2. The number of rotatable bonds is 3. The normalized spacial score (nSPS) is 17.7. The van der Waals surface area contributed by atoms with Gasteiger partial charge in [-0.15, -0.1) is 5.10 Å². The Morgan fingerprint density at radius 2 is 1.90 bits per heavy atom. The molecule has 0 bridgehead atoms. The monoisotopic (exact) mass is 408 g/mol. The number of ether oxygens (including phenoxy) is 1. The maximum atomic E-state index is 6.83. The summed E-state index contributed by atoms with van der Waals surface area (Å²) in [6.07, 6.45) is 7.38. The van der Waals surface area contributed by atoms with Gasteiger partial charge in [-0.2, -0.15) is 0 Å². The van der Waals surface area contributed by atoms with E-state index in [1.807, 2.05) is 12.1 Å². The van der Waals surface area contributed by atoms with Gasteiger partial charge < -0.3 is 10.5 Å². The maximum absolute atomic E-state index is 6.83. The van der Waals surface area contributed by atoms with Gasteiger partial charge in [-0.25, -0.2) is 4.98 Å². The highest BCUT2D eigenvalue weighted by Gasteiger charge is 2.37. The lowest BCUT2D eigenvalue weighted by Gasteiger charge is -2.29. The molecule has 2 aromatic heterocycles. The second-order valence-electron chi connectivity index (χ2n) is 7.99. The number of nitrogens with zero attached hydrogens (tertiary/aromatic N) is 2. The number of nitrogens with two attached hydrogens (primary N) is 1. The molecular weight excluding hydrogens is 384 g/mol. The highest BCUT2D eigenvalue weighted by molar-refractivity contribution is 6.30. The third-order valence-corrected chi connectivity index (χ3v) is 6.34. The Morgan fingerprint density at radius 3 is 2.69 bits per heavy atom. The fourth-order valence-corrected chi connectivity index (χ4v) is 4.83. The Labute approximate surface area is 175 Å². The van der Waals surface area contributed by atoms with E-state index in [0.29, 0.717) is 11.8 Å². The van der Waals surface area contributed by atoms with E-state index >= 15 is 0 Å². The second-order valence-corrected chi connectivity index (χ2v) is 8.42. The molecule has 5 nitrogen and oxygen atoms in total. The Kier molecular flexibility index (Phi) is 4.70. The molecular formula is C23H25ClN4O. The average molecular weight is 409 g/mol. The topological polar surface area (TPSA) is 76.8 Å². The van der Waals surface area contributed by atoms with E-state index in [9.17, 15) is 0 Å². The number of aryl methyl sites for hydroxylation is 2. The Hall–Kier alpha value is -2.53. The van der Waals surface area contributed by atoms with E-state index in [4.69, 9.17) is 27.1 Å². The van der Waals surface area contributed by atoms with Gasteiger partial charge in [-0.1, -0.05) is 43.5 Å². The van der Waals surface area contributed by atoms with E-state index in [1.54, 1.807) is 0 Å². The zero-order chi connectivity index (χ0) is 20.0. The van der Waals surface area contributed by atoms with Crippen LogP contribution in [-0.4, -0.2) is 15.2 Å². The number of nitrogen functional groups attached to an aromatic ring is 1. The third kappa shape index (κ3) is 3.08. The Balaban J connectivity index is 1.75. The van der Waals surface area contributed by atoms with Crippen molar-refractivity contribution < 1.29 is 4.74 Å². The number of fused-ring (bicyclic) bond motifs is 3. The lowest BCUT2D eigenvalue weighted by molar-refractivity contribution is 0.415. The summed E-state index contributed by atoms with van der Waals surface area (Å²) in [4.78, 5) is 4.94. The van der Waals surface area contributed by atoms with Crippen molar-refractivity contribution in [3.8, 4) is 11.8 Å². The predicted molar refractivity (Wildman–Crippen MR) is 115 cm³/mol. The first kappa shape index (κ1) is 18.5. The van der Waals surface area contributed by atoms with Crippen LogP contribution in [0.4, 0.5) is 5.69 Å². The molecule has 1 aliphatic heterocycles. The minimum absolute atomic E-state index is 0.0626. The summed E-state index contributed by atoms with van der Waals surface area (Å²) in [6, 6.07) is 8.00. The van der Waals surface area contributed by atoms with E-state index < -0.39 is 0 Å². The molecule has 0 fully saturated rings. The van der Waals surface area contributed by atoms with Crippen LogP contribution in [0.2, 0.25) is 5.02 Å². The summed E-state index contributed by atoms with van der Waals surface area (Å²) in [5, 5.41) is 8.38. The number of nitrogens with one attached hydrogen (secondary N) is 1. The summed E-state index contributed by atoms with van der Waals surface area (Å²) in [5.74, 6) is 1.15. The van der Waals surface area contributed by atoms with Crippen molar-refractivity contribution in [3.63, 3.8) is 0 Å². The number of hydrogen-bond acceptors (Lipinski definition) is 4. The van der Waals surface area contributed by atoms with Crippen molar-refractivity contribution >= 4 is 17.3 Å². The van der Waals surface area contributed by atoms with Crippen LogP contribution in [0.1, 0.15) is 72.2 Å². The van der Waals surface area contributed by atoms with Crippen LogP contribution in [0.3, 0.4) is 0 Å². The molecule has 1 aromatic carbocycles. The molecule has 1 aliphatic carbocycles. The van der Waals surface area contributed by atoms with Gasteiger partial charge in [-0.3, -0.25) is 5.10 Å². The summed E-state index contributed by atoms with van der Waals surface area (Å²) in [6.45, 7) is 2.16. The highest BCUT2D eigenvalue weighted by Crippen LogP contribution is 2.51. The Morgan fingerprint density at radius 1 is 1.10 bits per heavy atom. The van der Waals surface area contributed by atoms with Gasteiger partial charge in [0.15, 0.2) is 0 Å². The van der Waals surface area contributed by atoms with Crippen LogP contribution in [0, 0.1) is 0 Å². The number of aromatic nitrogens is 3. The molecule has 6 heteroatoms. The van der Waals surface area contributed by atoms with Gasteiger partial charge in [0.25, 0.3) is 0 Å². The molecule has 0 saturated carbocycles. The lowest BCUT2D eigenvalue weighted by atomic mass is 9.81.